The van der Waals surface area contributed by atoms with Crippen LogP contribution >= 0.6 is 23.2 Å². The van der Waals surface area contributed by atoms with Gasteiger partial charge in [-0.05, 0) is 36.2 Å². The van der Waals surface area contributed by atoms with Crippen molar-refractivity contribution < 1.29 is 22.7 Å². The minimum Gasteiger partial charge on any atom is -0.456 e. The number of hydrogen-bond donors (Lipinski definition) is 1. The summed E-state index contributed by atoms with van der Waals surface area (Å²) in [4.78, 5) is 23.6. The van der Waals surface area contributed by atoms with Gasteiger partial charge in [-0.3, -0.25) is 9.59 Å². The predicted molar refractivity (Wildman–Crippen MR) is 109 cm³/mol. The lowest BCUT2D eigenvalue weighted by molar-refractivity contribution is -0.146. The summed E-state index contributed by atoms with van der Waals surface area (Å²) in [5, 5.41) is 2.90. The molecular formula is C19H19Cl2NO5S. The van der Waals surface area contributed by atoms with Gasteiger partial charge in [0, 0.05) is 10.7 Å². The van der Waals surface area contributed by atoms with Crippen LogP contribution in [0.2, 0.25) is 10.0 Å². The molecule has 0 bridgehead atoms. The van der Waals surface area contributed by atoms with Gasteiger partial charge in [-0.15, -0.1) is 0 Å². The highest BCUT2D eigenvalue weighted by Gasteiger charge is 2.21. The lowest BCUT2D eigenvalue weighted by atomic mass is 10.1. The van der Waals surface area contributed by atoms with E-state index in [1.54, 1.807) is 12.1 Å². The molecule has 0 aliphatic carbocycles. The average Bonchev–Trinajstić information content (AvgIpc) is 2.67. The van der Waals surface area contributed by atoms with E-state index in [2.05, 4.69) is 5.32 Å². The van der Waals surface area contributed by atoms with Gasteiger partial charge in [0.1, 0.15) is 0 Å². The van der Waals surface area contributed by atoms with E-state index in [0.29, 0.717) is 5.69 Å². The molecule has 2 aromatic carbocycles. The molecule has 0 aliphatic rings. The highest BCUT2D eigenvalue weighted by molar-refractivity contribution is 7.91. The number of amides is 1. The molecule has 0 atom stereocenters. The Morgan fingerprint density at radius 3 is 2.54 bits per heavy atom. The lowest BCUT2D eigenvalue weighted by Crippen LogP contribution is -2.22. The Hall–Kier alpha value is -2.09. The molecule has 1 amide bonds. The SMILES string of the molecule is CCc1ccccc1NC(=O)COC(=O)CCS(=O)(=O)c1cc(Cl)ccc1Cl. The number of benzene rings is 2. The van der Waals surface area contributed by atoms with Gasteiger partial charge < -0.3 is 10.1 Å². The highest BCUT2D eigenvalue weighted by atomic mass is 35.5. The Labute approximate surface area is 173 Å². The quantitative estimate of drug-likeness (QED) is 0.624. The first-order valence-corrected chi connectivity index (χ1v) is 10.8. The number of anilines is 1. The van der Waals surface area contributed by atoms with Gasteiger partial charge in [-0.25, -0.2) is 8.42 Å². The van der Waals surface area contributed by atoms with E-state index in [4.69, 9.17) is 27.9 Å². The van der Waals surface area contributed by atoms with Crippen LogP contribution in [0.25, 0.3) is 0 Å². The summed E-state index contributed by atoms with van der Waals surface area (Å²) in [7, 11) is -3.82. The first kappa shape index (κ1) is 22.2. The largest absolute Gasteiger partial charge is 0.456 e. The zero-order valence-electron chi connectivity index (χ0n) is 15.1. The van der Waals surface area contributed by atoms with Crippen molar-refractivity contribution in [3.05, 3.63) is 58.1 Å². The van der Waals surface area contributed by atoms with E-state index < -0.39 is 40.5 Å². The Morgan fingerprint density at radius 1 is 1.11 bits per heavy atom. The van der Waals surface area contributed by atoms with Crippen LogP contribution in [-0.4, -0.2) is 32.7 Å². The molecule has 6 nitrogen and oxygen atoms in total. The van der Waals surface area contributed by atoms with Crippen molar-refractivity contribution in [2.24, 2.45) is 0 Å². The van der Waals surface area contributed by atoms with E-state index in [-0.39, 0.29) is 14.9 Å². The molecule has 0 aliphatic heterocycles. The number of para-hydroxylation sites is 1. The van der Waals surface area contributed by atoms with Crippen LogP contribution in [0.5, 0.6) is 0 Å². The maximum Gasteiger partial charge on any atom is 0.307 e. The number of hydrogen-bond acceptors (Lipinski definition) is 5. The topological polar surface area (TPSA) is 89.5 Å². The number of aryl methyl sites for hydroxylation is 1. The monoisotopic (exact) mass is 443 g/mol. The molecule has 0 saturated heterocycles. The van der Waals surface area contributed by atoms with Gasteiger partial charge in [-0.2, -0.15) is 0 Å². The van der Waals surface area contributed by atoms with Crippen LogP contribution in [0.15, 0.2) is 47.4 Å². The van der Waals surface area contributed by atoms with Crippen molar-refractivity contribution >= 4 is 50.6 Å². The molecule has 0 heterocycles. The average molecular weight is 444 g/mol. The van der Waals surface area contributed by atoms with Crippen LogP contribution in [0.4, 0.5) is 5.69 Å². The fraction of sp³-hybridized carbons (Fsp3) is 0.263. The second-order valence-corrected chi connectivity index (χ2v) is 8.78. The summed E-state index contributed by atoms with van der Waals surface area (Å²) in [6.45, 7) is 1.45. The smallest absolute Gasteiger partial charge is 0.307 e. The molecule has 0 radical (unpaired) electrons. The second kappa shape index (κ2) is 9.91. The number of carbonyl (C=O) groups excluding carboxylic acids is 2. The Morgan fingerprint density at radius 2 is 1.82 bits per heavy atom. The first-order valence-electron chi connectivity index (χ1n) is 8.44. The zero-order chi connectivity index (χ0) is 20.7. The number of sulfone groups is 1. The van der Waals surface area contributed by atoms with Crippen molar-refractivity contribution in [1.82, 2.24) is 0 Å². The molecule has 0 fully saturated rings. The third-order valence-corrected chi connectivity index (χ3v) is 6.27. The normalized spacial score (nSPS) is 11.1. The maximum absolute atomic E-state index is 12.3. The van der Waals surface area contributed by atoms with E-state index >= 15 is 0 Å². The minimum absolute atomic E-state index is 0.0201. The van der Waals surface area contributed by atoms with Crippen LogP contribution in [-0.2, 0) is 30.6 Å². The van der Waals surface area contributed by atoms with Gasteiger partial charge in [0.15, 0.2) is 16.4 Å². The van der Waals surface area contributed by atoms with E-state index in [0.717, 1.165) is 12.0 Å². The van der Waals surface area contributed by atoms with Crippen LogP contribution in [0.3, 0.4) is 0 Å². The van der Waals surface area contributed by atoms with Gasteiger partial charge in [-0.1, -0.05) is 48.3 Å². The van der Waals surface area contributed by atoms with Crippen LogP contribution < -0.4 is 5.32 Å². The molecule has 2 rings (SSSR count). The number of rotatable bonds is 8. The minimum atomic E-state index is -3.82. The summed E-state index contributed by atoms with van der Waals surface area (Å²) in [5.74, 6) is -1.82. The fourth-order valence-corrected chi connectivity index (χ4v) is 4.43. The molecule has 2 aromatic rings. The Balaban J connectivity index is 1.87. The zero-order valence-corrected chi connectivity index (χ0v) is 17.4. The maximum atomic E-state index is 12.3. The van der Waals surface area contributed by atoms with Gasteiger partial charge in [0.2, 0.25) is 0 Å². The molecular weight excluding hydrogens is 425 g/mol. The van der Waals surface area contributed by atoms with Crippen molar-refractivity contribution in [2.75, 3.05) is 17.7 Å². The molecule has 0 aromatic heterocycles. The van der Waals surface area contributed by atoms with E-state index in [9.17, 15) is 18.0 Å². The van der Waals surface area contributed by atoms with Crippen molar-refractivity contribution in [3.8, 4) is 0 Å². The highest BCUT2D eigenvalue weighted by Crippen LogP contribution is 2.26. The number of nitrogens with one attached hydrogen (secondary N) is 1. The summed E-state index contributed by atoms with van der Waals surface area (Å²) >= 11 is 11.7. The molecule has 150 valence electrons. The second-order valence-electron chi connectivity index (χ2n) is 5.86. The lowest BCUT2D eigenvalue weighted by Gasteiger charge is -2.10. The fourth-order valence-electron chi connectivity index (χ4n) is 2.40. The molecule has 28 heavy (non-hydrogen) atoms. The Kier molecular flexibility index (Phi) is 7.86. The summed E-state index contributed by atoms with van der Waals surface area (Å²) in [6, 6.07) is 11.3. The first-order chi connectivity index (χ1) is 13.2. The predicted octanol–water partition coefficient (Wildman–Crippen LogP) is 3.90. The van der Waals surface area contributed by atoms with Crippen molar-refractivity contribution in [2.45, 2.75) is 24.7 Å². The molecule has 0 saturated carbocycles. The van der Waals surface area contributed by atoms with E-state index in [1.807, 2.05) is 19.1 Å². The van der Waals surface area contributed by atoms with Crippen LogP contribution in [0.1, 0.15) is 18.9 Å². The van der Waals surface area contributed by atoms with E-state index in [1.165, 1.54) is 18.2 Å². The van der Waals surface area contributed by atoms with Crippen molar-refractivity contribution in [1.29, 1.82) is 0 Å². The number of ether oxygens (including phenoxy) is 1. The number of esters is 1. The van der Waals surface area contributed by atoms with Gasteiger partial charge in [0.05, 0.1) is 22.1 Å². The molecule has 0 spiro atoms. The third kappa shape index (κ3) is 6.22. The third-order valence-electron chi connectivity index (χ3n) is 3.84. The molecule has 1 N–H and O–H groups in total. The summed E-state index contributed by atoms with van der Waals surface area (Å²) in [5.41, 5.74) is 1.59. The number of halogens is 2. The van der Waals surface area contributed by atoms with Crippen molar-refractivity contribution in [3.63, 3.8) is 0 Å². The molecule has 0 unspecified atom stereocenters. The summed E-state index contributed by atoms with van der Waals surface area (Å²) in [6.07, 6.45) is 0.324. The van der Waals surface area contributed by atoms with Crippen LogP contribution in [0, 0.1) is 0 Å². The van der Waals surface area contributed by atoms with Gasteiger partial charge >= 0.3 is 5.97 Å². The summed E-state index contributed by atoms with van der Waals surface area (Å²) < 4.78 is 29.5. The number of carbonyl (C=O) groups is 2. The molecule has 9 heteroatoms. The van der Waals surface area contributed by atoms with Gasteiger partial charge in [0.25, 0.3) is 5.91 Å². The standard InChI is InChI=1S/C19H19Cl2NO5S/c1-2-13-5-3-4-6-16(13)22-18(23)12-27-19(24)9-10-28(25,26)17-11-14(20)7-8-15(17)21/h3-8,11H,2,9-10,12H2,1H3,(H,22,23). The Bertz CT molecular complexity index is 976.